The van der Waals surface area contributed by atoms with Crippen LogP contribution in [0.25, 0.3) is 5.57 Å². The molecule has 2 aromatic carbocycles. The Labute approximate surface area is 255 Å². The number of hydrogen-bond acceptors (Lipinski definition) is 7. The van der Waals surface area contributed by atoms with E-state index in [1.807, 2.05) is 24.3 Å². The zero-order valence-electron chi connectivity index (χ0n) is 23.8. The Bertz CT molecular complexity index is 1730. The van der Waals surface area contributed by atoms with Crippen molar-refractivity contribution in [3.63, 3.8) is 0 Å². The van der Waals surface area contributed by atoms with Crippen LogP contribution in [0, 0.1) is 11.6 Å². The average Bonchev–Trinajstić information content (AvgIpc) is 3.20. The van der Waals surface area contributed by atoms with Crippen LogP contribution < -0.4 is 16.4 Å². The van der Waals surface area contributed by atoms with Gasteiger partial charge in [-0.3, -0.25) is 4.79 Å². The molecule has 0 bridgehead atoms. The number of carbonyl (C=O) groups excluding carboxylic acids is 1. The second kappa shape index (κ2) is 13.4. The van der Waals surface area contributed by atoms with E-state index in [0.29, 0.717) is 24.5 Å². The number of carbonyl (C=O) groups is 1. The number of amides is 1. The predicted octanol–water partition coefficient (Wildman–Crippen LogP) is 5.98. The van der Waals surface area contributed by atoms with Crippen LogP contribution in [0.4, 0.5) is 33.6 Å². The number of pyridine rings is 1. The lowest BCUT2D eigenvalue weighted by Crippen LogP contribution is -2.25. The van der Waals surface area contributed by atoms with Crippen molar-refractivity contribution in [1.82, 2.24) is 20.3 Å². The van der Waals surface area contributed by atoms with E-state index in [1.165, 1.54) is 12.4 Å². The molecule has 0 fully saturated rings. The lowest BCUT2D eigenvalue weighted by molar-refractivity contribution is -0.137. The molecule has 0 radical (unpaired) electrons. The Balaban J connectivity index is 1.34. The number of nitrogens with zero attached hydrogens (tertiary/aromatic N) is 3. The van der Waals surface area contributed by atoms with Gasteiger partial charge in [0.15, 0.2) is 11.6 Å². The van der Waals surface area contributed by atoms with E-state index in [4.69, 9.17) is 5.73 Å². The maximum absolute atomic E-state index is 13.6. The fraction of sp³-hybridized carbons (Fsp3) is 0.250. The molecule has 234 valence electrons. The third-order valence-electron chi connectivity index (χ3n) is 7.52. The highest BCUT2D eigenvalue weighted by molar-refractivity contribution is 5.99. The monoisotopic (exact) mass is 624 g/mol. The normalized spacial score (nSPS) is 14.7. The summed E-state index contributed by atoms with van der Waals surface area (Å²) < 4.78 is 67.1. The minimum Gasteiger partial charge on any atom is -0.396 e. The molecule has 0 saturated carbocycles. The molecule has 2 heterocycles. The van der Waals surface area contributed by atoms with Crippen molar-refractivity contribution in [1.29, 1.82) is 0 Å². The molecule has 4 aromatic rings. The molecule has 8 nitrogen and oxygen atoms in total. The van der Waals surface area contributed by atoms with Crippen LogP contribution in [-0.2, 0) is 19.3 Å². The first-order chi connectivity index (χ1) is 21.5. The Kier molecular flexibility index (Phi) is 9.37. The summed E-state index contributed by atoms with van der Waals surface area (Å²) >= 11 is 0. The summed E-state index contributed by atoms with van der Waals surface area (Å²) in [4.78, 5) is 25.5. The summed E-state index contributed by atoms with van der Waals surface area (Å²) in [6.45, 7) is -0.0968. The number of nitrogen functional groups attached to an aromatic ring is 1. The van der Waals surface area contributed by atoms with Gasteiger partial charge in [0.25, 0.3) is 5.91 Å². The molecular weight excluding hydrogens is 595 g/mol. The molecular formula is C32H29F5N6O2. The summed E-state index contributed by atoms with van der Waals surface area (Å²) in [5.41, 5.74) is 9.01. The van der Waals surface area contributed by atoms with Gasteiger partial charge in [0.2, 0.25) is 0 Å². The number of aromatic nitrogens is 3. The summed E-state index contributed by atoms with van der Waals surface area (Å²) in [7, 11) is 0. The van der Waals surface area contributed by atoms with Crippen LogP contribution in [0.2, 0.25) is 0 Å². The minimum atomic E-state index is -4.74. The van der Waals surface area contributed by atoms with Crippen LogP contribution in [0.3, 0.4) is 0 Å². The topological polar surface area (TPSA) is 126 Å². The van der Waals surface area contributed by atoms with E-state index >= 15 is 0 Å². The second-order valence-electron chi connectivity index (χ2n) is 10.5. The van der Waals surface area contributed by atoms with Crippen molar-refractivity contribution < 1.29 is 31.9 Å². The molecule has 0 aliphatic heterocycles. The van der Waals surface area contributed by atoms with Crippen molar-refractivity contribution in [3.05, 3.63) is 118 Å². The fourth-order valence-corrected chi connectivity index (χ4v) is 5.21. The van der Waals surface area contributed by atoms with Crippen LogP contribution in [0.1, 0.15) is 69.0 Å². The number of allylic oxidation sites excluding steroid dienone is 1. The van der Waals surface area contributed by atoms with E-state index in [2.05, 4.69) is 31.7 Å². The third kappa shape index (κ3) is 7.26. The Hall–Kier alpha value is -4.91. The van der Waals surface area contributed by atoms with Gasteiger partial charge in [0, 0.05) is 37.4 Å². The quantitative estimate of drug-likeness (QED) is 0.169. The van der Waals surface area contributed by atoms with E-state index in [1.54, 1.807) is 0 Å². The first-order valence-electron chi connectivity index (χ1n) is 14.1. The molecule has 1 unspecified atom stereocenters. The maximum atomic E-state index is 13.6. The number of benzene rings is 2. The fourth-order valence-electron chi connectivity index (χ4n) is 5.21. The van der Waals surface area contributed by atoms with Gasteiger partial charge in [-0.1, -0.05) is 36.4 Å². The van der Waals surface area contributed by atoms with Crippen LogP contribution in [0.15, 0.2) is 67.1 Å². The van der Waals surface area contributed by atoms with Crippen molar-refractivity contribution in [3.8, 4) is 0 Å². The van der Waals surface area contributed by atoms with Gasteiger partial charge in [0.05, 0.1) is 16.8 Å². The highest BCUT2D eigenvalue weighted by Gasteiger charge is 2.32. The summed E-state index contributed by atoms with van der Waals surface area (Å²) in [5, 5.41) is 14.9. The van der Waals surface area contributed by atoms with E-state index < -0.39 is 29.3 Å². The van der Waals surface area contributed by atoms with Crippen molar-refractivity contribution >= 4 is 23.1 Å². The Morgan fingerprint density at radius 2 is 1.73 bits per heavy atom. The van der Waals surface area contributed by atoms with Crippen LogP contribution >= 0.6 is 0 Å². The van der Waals surface area contributed by atoms with Gasteiger partial charge in [0.1, 0.15) is 18.0 Å². The highest BCUT2D eigenvalue weighted by Crippen LogP contribution is 2.39. The van der Waals surface area contributed by atoms with Gasteiger partial charge in [-0.25, -0.2) is 23.7 Å². The SMILES string of the molecule is Nc1ncnc2c1C(c1ccc(CNc3ncc(C(F)(F)F)cc3C(=O)NCc3ccc(F)c(F)c3)cc1)=CCCC2CCO. The van der Waals surface area contributed by atoms with Gasteiger partial charge in [-0.05, 0) is 59.7 Å². The number of alkyl halides is 3. The Morgan fingerprint density at radius 3 is 2.44 bits per heavy atom. The molecule has 1 aliphatic carbocycles. The molecule has 0 saturated heterocycles. The van der Waals surface area contributed by atoms with Gasteiger partial charge < -0.3 is 21.5 Å². The predicted molar refractivity (Wildman–Crippen MR) is 158 cm³/mol. The molecule has 45 heavy (non-hydrogen) atoms. The highest BCUT2D eigenvalue weighted by atomic mass is 19.4. The van der Waals surface area contributed by atoms with Gasteiger partial charge in [-0.2, -0.15) is 13.2 Å². The van der Waals surface area contributed by atoms with Crippen LogP contribution in [-0.4, -0.2) is 32.6 Å². The standard InChI is InChI=1S/C32H29F5N6O2/c33-25-9-6-19(12-26(25)34)15-41-31(45)24-13-22(32(35,36)37)16-40-30(24)39-14-18-4-7-20(8-5-18)23-3-1-2-21(10-11-44)28-27(23)29(38)43-17-42-28/h3-9,12-13,16-17,21,44H,1-2,10-11,14-15H2,(H,39,40)(H,41,45)(H2,38,42,43). The smallest absolute Gasteiger partial charge is 0.396 e. The maximum Gasteiger partial charge on any atom is 0.417 e. The number of rotatable bonds is 9. The summed E-state index contributed by atoms with van der Waals surface area (Å²) in [6.07, 6.45) is 1.48. The summed E-state index contributed by atoms with van der Waals surface area (Å²) in [5.74, 6) is -2.77. The zero-order valence-corrected chi connectivity index (χ0v) is 23.8. The number of aliphatic hydroxyl groups excluding tert-OH is 1. The largest absolute Gasteiger partial charge is 0.417 e. The zero-order chi connectivity index (χ0) is 32.1. The third-order valence-corrected chi connectivity index (χ3v) is 7.52. The van der Waals surface area contributed by atoms with Crippen molar-refractivity contribution in [2.75, 3.05) is 17.7 Å². The molecule has 5 rings (SSSR count). The van der Waals surface area contributed by atoms with Gasteiger partial charge in [-0.15, -0.1) is 0 Å². The van der Waals surface area contributed by atoms with Gasteiger partial charge >= 0.3 is 6.18 Å². The van der Waals surface area contributed by atoms with E-state index in [9.17, 15) is 31.9 Å². The number of aliphatic hydroxyl groups is 1. The molecule has 2 aromatic heterocycles. The number of nitrogens with one attached hydrogen (secondary N) is 2. The van der Waals surface area contributed by atoms with Crippen molar-refractivity contribution in [2.45, 2.75) is 44.4 Å². The molecule has 1 aliphatic rings. The molecule has 0 spiro atoms. The molecule has 1 amide bonds. The molecule has 13 heteroatoms. The number of nitrogens with two attached hydrogens (primary N) is 1. The van der Waals surface area contributed by atoms with E-state index in [-0.39, 0.29) is 42.6 Å². The minimum absolute atomic E-state index is 0.0242. The number of anilines is 2. The van der Waals surface area contributed by atoms with Crippen molar-refractivity contribution in [2.24, 2.45) is 0 Å². The first-order valence-corrected chi connectivity index (χ1v) is 14.1. The lowest BCUT2D eigenvalue weighted by Gasteiger charge is -2.18. The second-order valence-corrected chi connectivity index (χ2v) is 10.5. The number of halogens is 5. The van der Waals surface area contributed by atoms with E-state index in [0.717, 1.165) is 52.9 Å². The molecule has 5 N–H and O–H groups in total. The Morgan fingerprint density at radius 1 is 0.978 bits per heavy atom. The molecule has 1 atom stereocenters. The summed E-state index contributed by atoms with van der Waals surface area (Å²) in [6, 6.07) is 11.1. The first kappa shape index (κ1) is 31.5. The number of hydrogen-bond donors (Lipinski definition) is 4. The average molecular weight is 625 g/mol. The lowest BCUT2D eigenvalue weighted by atomic mass is 9.91. The van der Waals surface area contributed by atoms with Crippen LogP contribution in [0.5, 0.6) is 0 Å². The number of fused-ring (bicyclic) bond motifs is 1.